The Bertz CT molecular complexity index is 523. The van der Waals surface area contributed by atoms with Crippen molar-refractivity contribution >= 4 is 35.1 Å². The van der Waals surface area contributed by atoms with Crippen LogP contribution in [0.1, 0.15) is 10.5 Å². The summed E-state index contributed by atoms with van der Waals surface area (Å²) in [4.78, 5) is 26.8. The van der Waals surface area contributed by atoms with E-state index in [9.17, 15) is 9.59 Å². The summed E-state index contributed by atoms with van der Waals surface area (Å²) in [7, 11) is 0. The standard InChI is InChI=1S/C11H10Cl2N2O4/c12-6-1-2-8(13)15-9(6)10(16)14-7-4-19-3-5(7)11(17)18/h1-2,5,7H,3-4H2,(H,14,16)(H,17,18). The summed E-state index contributed by atoms with van der Waals surface area (Å²) in [5.74, 6) is -2.37. The van der Waals surface area contributed by atoms with Crippen LogP contribution in [0, 0.1) is 5.92 Å². The largest absolute Gasteiger partial charge is 0.481 e. The number of carboxylic acid groups (broad SMARTS) is 1. The molecule has 0 saturated carbocycles. The van der Waals surface area contributed by atoms with Gasteiger partial charge in [0.05, 0.1) is 24.3 Å². The van der Waals surface area contributed by atoms with Crippen molar-refractivity contribution in [1.82, 2.24) is 10.3 Å². The molecule has 2 unspecified atom stereocenters. The lowest BCUT2D eigenvalue weighted by molar-refractivity contribution is -0.142. The van der Waals surface area contributed by atoms with Crippen LogP contribution in [0.5, 0.6) is 0 Å². The van der Waals surface area contributed by atoms with E-state index in [1.54, 1.807) is 0 Å². The second-order valence-electron chi connectivity index (χ2n) is 4.03. The number of halogens is 2. The molecule has 0 aromatic carbocycles. The van der Waals surface area contributed by atoms with E-state index >= 15 is 0 Å². The number of aliphatic carboxylic acids is 1. The second-order valence-corrected chi connectivity index (χ2v) is 4.82. The third-order valence-electron chi connectivity index (χ3n) is 2.74. The smallest absolute Gasteiger partial charge is 0.311 e. The molecule has 0 aliphatic carbocycles. The number of aromatic nitrogens is 1. The normalized spacial score (nSPS) is 22.2. The van der Waals surface area contributed by atoms with Gasteiger partial charge in [-0.2, -0.15) is 0 Å². The molecule has 8 heteroatoms. The molecule has 1 aliphatic heterocycles. The summed E-state index contributed by atoms with van der Waals surface area (Å²) in [6, 6.07) is 2.30. The van der Waals surface area contributed by atoms with Crippen LogP contribution in [0.3, 0.4) is 0 Å². The molecule has 2 N–H and O–H groups in total. The Morgan fingerprint density at radius 3 is 2.79 bits per heavy atom. The van der Waals surface area contributed by atoms with Crippen molar-refractivity contribution in [1.29, 1.82) is 0 Å². The Morgan fingerprint density at radius 2 is 2.11 bits per heavy atom. The highest BCUT2D eigenvalue weighted by Crippen LogP contribution is 2.19. The minimum atomic E-state index is -1.02. The van der Waals surface area contributed by atoms with Gasteiger partial charge < -0.3 is 15.2 Å². The molecule has 0 spiro atoms. The van der Waals surface area contributed by atoms with Crippen molar-refractivity contribution < 1.29 is 19.4 Å². The zero-order valence-corrected chi connectivity index (χ0v) is 11.1. The molecular formula is C11H10Cl2N2O4. The molecule has 1 aromatic heterocycles. The third kappa shape index (κ3) is 3.15. The first-order valence-electron chi connectivity index (χ1n) is 5.42. The molecule has 19 heavy (non-hydrogen) atoms. The number of hydrogen-bond donors (Lipinski definition) is 2. The Labute approximate surface area is 118 Å². The SMILES string of the molecule is O=C(NC1COCC1C(=O)O)c1nc(Cl)ccc1Cl. The maximum atomic E-state index is 12.0. The number of rotatable bonds is 3. The number of nitrogens with zero attached hydrogens (tertiary/aromatic N) is 1. The van der Waals surface area contributed by atoms with Crippen LogP contribution in [-0.2, 0) is 9.53 Å². The van der Waals surface area contributed by atoms with Gasteiger partial charge in [-0.3, -0.25) is 9.59 Å². The van der Waals surface area contributed by atoms with Gasteiger partial charge in [0.1, 0.15) is 16.8 Å². The van der Waals surface area contributed by atoms with E-state index in [0.29, 0.717) is 0 Å². The number of nitrogens with one attached hydrogen (secondary N) is 1. The van der Waals surface area contributed by atoms with Gasteiger partial charge in [-0.25, -0.2) is 4.98 Å². The zero-order valence-electron chi connectivity index (χ0n) is 9.60. The number of carboxylic acids is 1. The predicted molar refractivity (Wildman–Crippen MR) is 67.5 cm³/mol. The van der Waals surface area contributed by atoms with E-state index in [2.05, 4.69) is 10.3 Å². The lowest BCUT2D eigenvalue weighted by Gasteiger charge is -2.15. The molecule has 0 bridgehead atoms. The van der Waals surface area contributed by atoms with E-state index in [1.165, 1.54) is 12.1 Å². The fourth-order valence-corrected chi connectivity index (χ4v) is 2.09. The summed E-state index contributed by atoms with van der Waals surface area (Å²) in [5, 5.41) is 11.8. The van der Waals surface area contributed by atoms with Gasteiger partial charge in [0.2, 0.25) is 0 Å². The Balaban J connectivity index is 2.12. The van der Waals surface area contributed by atoms with Gasteiger partial charge in [-0.1, -0.05) is 23.2 Å². The van der Waals surface area contributed by atoms with E-state index in [4.69, 9.17) is 33.0 Å². The fourth-order valence-electron chi connectivity index (χ4n) is 1.75. The van der Waals surface area contributed by atoms with E-state index < -0.39 is 23.8 Å². The van der Waals surface area contributed by atoms with Gasteiger partial charge in [0.15, 0.2) is 0 Å². The monoisotopic (exact) mass is 304 g/mol. The number of carbonyl (C=O) groups is 2. The van der Waals surface area contributed by atoms with Gasteiger partial charge >= 0.3 is 5.97 Å². The average molecular weight is 305 g/mol. The highest BCUT2D eigenvalue weighted by atomic mass is 35.5. The lowest BCUT2D eigenvalue weighted by atomic mass is 10.0. The summed E-state index contributed by atoms with van der Waals surface area (Å²) in [6.07, 6.45) is 0. The molecule has 0 radical (unpaired) electrons. The first-order valence-corrected chi connectivity index (χ1v) is 6.18. The number of ether oxygens (including phenoxy) is 1. The average Bonchev–Trinajstić information content (AvgIpc) is 2.80. The highest BCUT2D eigenvalue weighted by molar-refractivity contribution is 6.34. The number of amides is 1. The Kier molecular flexibility index (Phi) is 4.24. The van der Waals surface area contributed by atoms with Gasteiger partial charge in [-0.05, 0) is 12.1 Å². The van der Waals surface area contributed by atoms with Crippen molar-refractivity contribution in [3.05, 3.63) is 28.0 Å². The molecule has 2 heterocycles. The molecule has 2 rings (SSSR count). The molecule has 1 amide bonds. The highest BCUT2D eigenvalue weighted by Gasteiger charge is 2.35. The second kappa shape index (κ2) is 5.73. The van der Waals surface area contributed by atoms with Gasteiger partial charge in [0.25, 0.3) is 5.91 Å². The molecule has 1 saturated heterocycles. The van der Waals surface area contributed by atoms with Crippen molar-refractivity contribution in [3.63, 3.8) is 0 Å². The van der Waals surface area contributed by atoms with Crippen LogP contribution in [0.25, 0.3) is 0 Å². The fraction of sp³-hybridized carbons (Fsp3) is 0.364. The number of pyridine rings is 1. The van der Waals surface area contributed by atoms with E-state index in [1.807, 2.05) is 0 Å². The van der Waals surface area contributed by atoms with Crippen LogP contribution in [0.15, 0.2) is 12.1 Å². The minimum Gasteiger partial charge on any atom is -0.481 e. The van der Waals surface area contributed by atoms with E-state index in [-0.39, 0.29) is 29.1 Å². The predicted octanol–water partition coefficient (Wildman–Crippen LogP) is 1.22. The quantitative estimate of drug-likeness (QED) is 0.820. The first-order chi connectivity index (χ1) is 8.99. The van der Waals surface area contributed by atoms with Crippen molar-refractivity contribution in [2.75, 3.05) is 13.2 Å². The van der Waals surface area contributed by atoms with Crippen LogP contribution in [0.2, 0.25) is 10.2 Å². The Morgan fingerprint density at radius 1 is 1.37 bits per heavy atom. The van der Waals surface area contributed by atoms with Crippen molar-refractivity contribution in [2.24, 2.45) is 5.92 Å². The summed E-state index contributed by atoms with van der Waals surface area (Å²) < 4.78 is 5.05. The van der Waals surface area contributed by atoms with Crippen LogP contribution < -0.4 is 5.32 Å². The van der Waals surface area contributed by atoms with Crippen LogP contribution >= 0.6 is 23.2 Å². The maximum Gasteiger partial charge on any atom is 0.311 e. The van der Waals surface area contributed by atoms with Crippen molar-refractivity contribution in [3.8, 4) is 0 Å². The molecular weight excluding hydrogens is 295 g/mol. The molecule has 1 fully saturated rings. The van der Waals surface area contributed by atoms with Gasteiger partial charge in [0, 0.05) is 0 Å². The van der Waals surface area contributed by atoms with Crippen LogP contribution in [0.4, 0.5) is 0 Å². The Hall–Kier alpha value is -1.37. The summed E-state index contributed by atoms with van der Waals surface area (Å²) in [5.41, 5.74) is -0.0368. The molecule has 1 aliphatic rings. The summed E-state index contributed by atoms with van der Waals surface area (Å²) >= 11 is 11.5. The van der Waals surface area contributed by atoms with E-state index in [0.717, 1.165) is 0 Å². The summed E-state index contributed by atoms with van der Waals surface area (Å²) in [6.45, 7) is 0.206. The molecule has 2 atom stereocenters. The third-order valence-corrected chi connectivity index (χ3v) is 3.26. The number of carbonyl (C=O) groups excluding carboxylic acids is 1. The minimum absolute atomic E-state index is 0.0368. The number of hydrogen-bond acceptors (Lipinski definition) is 4. The molecule has 1 aromatic rings. The maximum absolute atomic E-state index is 12.0. The zero-order chi connectivity index (χ0) is 14.0. The van der Waals surface area contributed by atoms with Gasteiger partial charge in [-0.15, -0.1) is 0 Å². The van der Waals surface area contributed by atoms with Crippen LogP contribution in [-0.4, -0.2) is 41.2 Å². The molecule has 102 valence electrons. The lowest BCUT2D eigenvalue weighted by Crippen LogP contribution is -2.43. The topological polar surface area (TPSA) is 88.5 Å². The molecule has 6 nitrogen and oxygen atoms in total. The first kappa shape index (κ1) is 14.0. The van der Waals surface area contributed by atoms with Crippen molar-refractivity contribution in [2.45, 2.75) is 6.04 Å².